The zero-order chi connectivity index (χ0) is 16.4. The van der Waals surface area contributed by atoms with E-state index in [1.807, 2.05) is 0 Å². The first-order chi connectivity index (χ1) is 9.40. The average Bonchev–Trinajstić information content (AvgIpc) is 2.70. The molecule has 1 amide bonds. The normalized spacial score (nSPS) is 13.6. The molecule has 118 valence electrons. The monoisotopic (exact) mass is 316 g/mol. The zero-order valence-electron chi connectivity index (χ0n) is 12.6. The fourth-order valence-corrected chi connectivity index (χ4v) is 2.50. The van der Waals surface area contributed by atoms with Gasteiger partial charge in [-0.2, -0.15) is 0 Å². The highest BCUT2D eigenvalue weighted by atomic mass is 32.1. The van der Waals surface area contributed by atoms with Gasteiger partial charge in [-0.15, -0.1) is 11.3 Å². The molecule has 1 rings (SSSR count). The van der Waals surface area contributed by atoms with Crippen molar-refractivity contribution in [2.75, 3.05) is 0 Å². The predicted octanol–water partition coefficient (Wildman–Crippen LogP) is 2.18. The molecule has 0 radical (unpaired) electrons. The first-order valence-electron chi connectivity index (χ1n) is 6.31. The molecule has 0 aliphatic heterocycles. The van der Waals surface area contributed by atoms with Crippen molar-refractivity contribution in [2.24, 2.45) is 0 Å². The summed E-state index contributed by atoms with van der Waals surface area (Å²) in [7, 11) is 0. The predicted molar refractivity (Wildman–Crippen MR) is 77.5 cm³/mol. The molecule has 1 heterocycles. The lowest BCUT2D eigenvalue weighted by Crippen LogP contribution is -2.44. The number of amides is 1. The Morgan fingerprint density at radius 1 is 1.33 bits per heavy atom. The number of carbonyl (C=O) groups is 2. The van der Waals surface area contributed by atoms with Gasteiger partial charge in [-0.05, 0) is 34.6 Å². The molecule has 1 atom stereocenters. The van der Waals surface area contributed by atoms with Gasteiger partial charge in [0.1, 0.15) is 16.7 Å². The van der Waals surface area contributed by atoms with Crippen LogP contribution in [0.1, 0.15) is 56.2 Å². The quantitative estimate of drug-likeness (QED) is 0.785. The highest BCUT2D eigenvalue weighted by molar-refractivity contribution is 7.09. The fourth-order valence-electron chi connectivity index (χ4n) is 1.48. The molecule has 0 saturated heterocycles. The first kappa shape index (κ1) is 17.4. The third-order valence-corrected chi connectivity index (χ3v) is 3.27. The van der Waals surface area contributed by atoms with E-state index >= 15 is 0 Å². The maximum atomic E-state index is 11.8. The second-order valence-electron chi connectivity index (χ2n) is 6.11. The molecule has 0 aliphatic carbocycles. The van der Waals surface area contributed by atoms with Crippen LogP contribution in [0.15, 0.2) is 5.38 Å². The third-order valence-electron chi connectivity index (χ3n) is 2.36. The minimum Gasteiger partial charge on any atom is -0.476 e. The summed E-state index contributed by atoms with van der Waals surface area (Å²) in [6, 6.07) is -0.870. The number of nitrogens with zero attached hydrogens (tertiary/aromatic N) is 1. The van der Waals surface area contributed by atoms with Crippen LogP contribution in [0.4, 0.5) is 4.79 Å². The van der Waals surface area contributed by atoms with Crippen molar-refractivity contribution in [3.8, 4) is 0 Å². The number of hydrogen-bond acceptors (Lipinski definition) is 6. The third kappa shape index (κ3) is 5.31. The Bertz CT molecular complexity index is 527. The van der Waals surface area contributed by atoms with Crippen molar-refractivity contribution in [3.05, 3.63) is 16.1 Å². The summed E-state index contributed by atoms with van der Waals surface area (Å²) >= 11 is 1.05. The average molecular weight is 316 g/mol. The molecule has 7 nitrogen and oxygen atoms in total. The molecule has 21 heavy (non-hydrogen) atoms. The number of aromatic carboxylic acids is 1. The topological polar surface area (TPSA) is 109 Å². The summed E-state index contributed by atoms with van der Waals surface area (Å²) in [6.45, 7) is 8.15. The summed E-state index contributed by atoms with van der Waals surface area (Å²) in [5.74, 6) is -1.16. The highest BCUT2D eigenvalue weighted by Gasteiger charge is 2.34. The maximum Gasteiger partial charge on any atom is 0.408 e. The molecular formula is C13H20N2O5S. The van der Waals surface area contributed by atoms with Gasteiger partial charge in [0.05, 0.1) is 5.60 Å². The number of ether oxygens (including phenoxy) is 1. The van der Waals surface area contributed by atoms with E-state index in [4.69, 9.17) is 9.84 Å². The molecule has 1 aromatic heterocycles. The summed E-state index contributed by atoms with van der Waals surface area (Å²) in [5, 5.41) is 23.2. The number of alkyl carbamates (subject to hydrolysis) is 1. The number of carbonyl (C=O) groups excluding carboxylic acids is 1. The summed E-state index contributed by atoms with van der Waals surface area (Å²) < 4.78 is 5.14. The van der Waals surface area contributed by atoms with Crippen LogP contribution in [0, 0.1) is 0 Å². The summed E-state index contributed by atoms with van der Waals surface area (Å²) in [5.41, 5.74) is -2.14. The van der Waals surface area contributed by atoms with E-state index in [9.17, 15) is 14.7 Å². The fraction of sp³-hybridized carbons (Fsp3) is 0.615. The van der Waals surface area contributed by atoms with Crippen LogP contribution in [-0.2, 0) is 4.74 Å². The number of hydrogen-bond donors (Lipinski definition) is 3. The molecule has 8 heteroatoms. The van der Waals surface area contributed by atoms with Gasteiger partial charge in [-0.25, -0.2) is 14.6 Å². The molecule has 0 aromatic carbocycles. The Morgan fingerprint density at radius 3 is 2.29 bits per heavy atom. The second-order valence-corrected chi connectivity index (χ2v) is 7.00. The van der Waals surface area contributed by atoms with Crippen LogP contribution in [-0.4, -0.2) is 38.5 Å². The highest BCUT2D eigenvalue weighted by Crippen LogP contribution is 2.28. The van der Waals surface area contributed by atoms with Crippen molar-refractivity contribution >= 4 is 23.4 Å². The molecule has 0 aliphatic rings. The maximum absolute atomic E-state index is 11.8. The van der Waals surface area contributed by atoms with E-state index in [0.29, 0.717) is 5.01 Å². The van der Waals surface area contributed by atoms with Gasteiger partial charge < -0.3 is 20.3 Å². The zero-order valence-corrected chi connectivity index (χ0v) is 13.4. The van der Waals surface area contributed by atoms with Crippen LogP contribution in [0.5, 0.6) is 0 Å². The number of nitrogens with one attached hydrogen (secondary N) is 1. The van der Waals surface area contributed by atoms with Gasteiger partial charge >= 0.3 is 12.1 Å². The van der Waals surface area contributed by atoms with E-state index in [1.54, 1.807) is 20.8 Å². The molecule has 0 saturated carbocycles. The lowest BCUT2D eigenvalue weighted by Gasteiger charge is -2.29. The number of rotatable bonds is 4. The largest absolute Gasteiger partial charge is 0.476 e. The molecule has 0 unspecified atom stereocenters. The molecule has 0 spiro atoms. The molecule has 0 fully saturated rings. The summed E-state index contributed by atoms with van der Waals surface area (Å²) in [6.07, 6.45) is -0.707. The number of carboxylic acid groups (broad SMARTS) is 1. The van der Waals surface area contributed by atoms with E-state index < -0.39 is 29.3 Å². The Hall–Kier alpha value is -1.67. The van der Waals surface area contributed by atoms with Gasteiger partial charge in [0.25, 0.3) is 0 Å². The second kappa shape index (κ2) is 5.98. The standard InChI is InChI=1S/C13H20N2O5S/c1-12(2,3)20-11(18)15-8(13(4,5)19)9-14-7(6-21-9)10(16)17/h6,8,19H,1-5H3,(H,15,18)(H,16,17)/t8-/m0/s1. The Labute approximate surface area is 127 Å². The Balaban J connectivity index is 2.96. The minimum absolute atomic E-state index is 0.129. The smallest absolute Gasteiger partial charge is 0.408 e. The van der Waals surface area contributed by atoms with Gasteiger partial charge in [0.2, 0.25) is 0 Å². The van der Waals surface area contributed by atoms with Gasteiger partial charge in [0.15, 0.2) is 5.69 Å². The summed E-state index contributed by atoms with van der Waals surface area (Å²) in [4.78, 5) is 26.6. The van der Waals surface area contributed by atoms with E-state index in [2.05, 4.69) is 10.3 Å². The number of aliphatic hydroxyl groups is 1. The molecule has 3 N–H and O–H groups in total. The van der Waals surface area contributed by atoms with Crippen molar-refractivity contribution < 1.29 is 24.5 Å². The first-order valence-corrected chi connectivity index (χ1v) is 7.19. The van der Waals surface area contributed by atoms with E-state index in [-0.39, 0.29) is 5.69 Å². The Kier molecular flexibility index (Phi) is 4.95. The number of aromatic nitrogens is 1. The van der Waals surface area contributed by atoms with Crippen molar-refractivity contribution in [1.29, 1.82) is 0 Å². The van der Waals surface area contributed by atoms with Crippen LogP contribution in [0.2, 0.25) is 0 Å². The van der Waals surface area contributed by atoms with Gasteiger partial charge in [-0.3, -0.25) is 0 Å². The van der Waals surface area contributed by atoms with Crippen LogP contribution in [0.3, 0.4) is 0 Å². The van der Waals surface area contributed by atoms with Crippen LogP contribution >= 0.6 is 11.3 Å². The van der Waals surface area contributed by atoms with Crippen LogP contribution < -0.4 is 5.32 Å². The molecule has 1 aromatic rings. The van der Waals surface area contributed by atoms with Crippen LogP contribution in [0.25, 0.3) is 0 Å². The van der Waals surface area contributed by atoms with Gasteiger partial charge in [0, 0.05) is 5.38 Å². The lowest BCUT2D eigenvalue weighted by atomic mass is 10.00. The van der Waals surface area contributed by atoms with Gasteiger partial charge in [-0.1, -0.05) is 0 Å². The SMILES string of the molecule is CC(C)(C)OC(=O)N[C@@H](c1nc(C(=O)O)cs1)C(C)(C)O. The van der Waals surface area contributed by atoms with Crippen molar-refractivity contribution in [3.63, 3.8) is 0 Å². The van der Waals surface area contributed by atoms with E-state index in [1.165, 1.54) is 19.2 Å². The molecular weight excluding hydrogens is 296 g/mol. The lowest BCUT2D eigenvalue weighted by molar-refractivity contribution is 0.0162. The Morgan fingerprint density at radius 2 is 1.90 bits per heavy atom. The van der Waals surface area contributed by atoms with Crippen molar-refractivity contribution in [2.45, 2.75) is 51.9 Å². The molecule has 0 bridgehead atoms. The van der Waals surface area contributed by atoms with Crippen molar-refractivity contribution in [1.82, 2.24) is 10.3 Å². The number of carboxylic acids is 1. The minimum atomic E-state index is -1.33. The number of thiazole rings is 1. The van der Waals surface area contributed by atoms with E-state index in [0.717, 1.165) is 11.3 Å².